The molecule has 1 atom stereocenters. The average molecular weight is 354 g/mol. The summed E-state index contributed by atoms with van der Waals surface area (Å²) in [6.07, 6.45) is 4.33. The molecular weight excluding hydrogens is 339 g/mol. The van der Waals surface area contributed by atoms with E-state index in [-0.39, 0.29) is 0 Å². The fourth-order valence-electron chi connectivity index (χ4n) is 1.68. The van der Waals surface area contributed by atoms with Crippen molar-refractivity contribution in [1.29, 1.82) is 0 Å². The lowest BCUT2D eigenvalue weighted by Crippen LogP contribution is -1.98. The van der Waals surface area contributed by atoms with Crippen LogP contribution in [-0.2, 0) is 0 Å². The predicted octanol–water partition coefficient (Wildman–Crippen LogP) is 4.39. The first-order valence-electron chi connectivity index (χ1n) is 5.94. The standard InChI is InChI=1S/C14H15IN2O/c1-3-10(2)11-6-4-5-7-13(11)18-14-12(15)8-16-9-17-14/h4-10H,3H2,1-2H3. The number of ether oxygens (including phenoxy) is 1. The van der Waals surface area contributed by atoms with E-state index in [0.29, 0.717) is 11.8 Å². The lowest BCUT2D eigenvalue weighted by atomic mass is 9.98. The maximum atomic E-state index is 5.90. The van der Waals surface area contributed by atoms with Crippen LogP contribution in [0.2, 0.25) is 0 Å². The Kier molecular flexibility index (Phi) is 4.52. The Morgan fingerprint density at radius 2 is 2.11 bits per heavy atom. The monoisotopic (exact) mass is 354 g/mol. The maximum absolute atomic E-state index is 5.90. The summed E-state index contributed by atoms with van der Waals surface area (Å²) in [5.74, 6) is 1.96. The number of rotatable bonds is 4. The molecule has 0 aliphatic heterocycles. The topological polar surface area (TPSA) is 35.0 Å². The number of para-hydroxylation sites is 1. The van der Waals surface area contributed by atoms with Crippen molar-refractivity contribution in [3.05, 3.63) is 45.9 Å². The molecule has 0 spiro atoms. The van der Waals surface area contributed by atoms with Crippen LogP contribution in [0.3, 0.4) is 0 Å². The van der Waals surface area contributed by atoms with Gasteiger partial charge in [0.25, 0.3) is 0 Å². The highest BCUT2D eigenvalue weighted by Crippen LogP contribution is 2.32. The first kappa shape index (κ1) is 13.3. The van der Waals surface area contributed by atoms with Gasteiger partial charge in [-0.15, -0.1) is 0 Å². The van der Waals surface area contributed by atoms with E-state index in [4.69, 9.17) is 4.74 Å². The largest absolute Gasteiger partial charge is 0.438 e. The third-order valence-electron chi connectivity index (χ3n) is 2.90. The Labute approximate surface area is 121 Å². The van der Waals surface area contributed by atoms with Crippen molar-refractivity contribution in [2.24, 2.45) is 0 Å². The molecule has 0 saturated heterocycles. The number of hydrogen-bond acceptors (Lipinski definition) is 3. The zero-order chi connectivity index (χ0) is 13.0. The molecule has 0 amide bonds. The van der Waals surface area contributed by atoms with Gasteiger partial charge in [-0.25, -0.2) is 9.97 Å². The SMILES string of the molecule is CCC(C)c1ccccc1Oc1ncncc1I. The van der Waals surface area contributed by atoms with Crippen LogP contribution < -0.4 is 4.74 Å². The highest BCUT2D eigenvalue weighted by molar-refractivity contribution is 14.1. The van der Waals surface area contributed by atoms with Gasteiger partial charge in [-0.05, 0) is 46.6 Å². The van der Waals surface area contributed by atoms with Crippen LogP contribution in [-0.4, -0.2) is 9.97 Å². The quantitative estimate of drug-likeness (QED) is 0.764. The summed E-state index contributed by atoms with van der Waals surface area (Å²) < 4.78 is 6.82. The van der Waals surface area contributed by atoms with Crippen LogP contribution in [0, 0.1) is 3.57 Å². The summed E-state index contributed by atoms with van der Waals surface area (Å²) >= 11 is 2.18. The summed E-state index contributed by atoms with van der Waals surface area (Å²) in [5, 5.41) is 0. The van der Waals surface area contributed by atoms with Crippen LogP contribution in [0.4, 0.5) is 0 Å². The average Bonchev–Trinajstić information content (AvgIpc) is 2.41. The molecule has 2 rings (SSSR count). The van der Waals surface area contributed by atoms with Crippen molar-refractivity contribution in [1.82, 2.24) is 9.97 Å². The molecule has 0 N–H and O–H groups in total. The van der Waals surface area contributed by atoms with Crippen molar-refractivity contribution < 1.29 is 4.74 Å². The molecule has 94 valence electrons. The van der Waals surface area contributed by atoms with Crippen LogP contribution in [0.1, 0.15) is 31.7 Å². The number of aromatic nitrogens is 2. The predicted molar refractivity (Wildman–Crippen MR) is 80.0 cm³/mol. The Bertz CT molecular complexity index is 531. The molecule has 1 aromatic heterocycles. The third-order valence-corrected chi connectivity index (χ3v) is 3.64. The smallest absolute Gasteiger partial charge is 0.235 e. The van der Waals surface area contributed by atoms with Crippen molar-refractivity contribution in [3.8, 4) is 11.6 Å². The van der Waals surface area contributed by atoms with Gasteiger partial charge < -0.3 is 4.74 Å². The molecule has 0 aliphatic carbocycles. The molecule has 3 nitrogen and oxygen atoms in total. The molecular formula is C14H15IN2O. The molecule has 4 heteroatoms. The molecule has 0 fully saturated rings. The molecule has 0 radical (unpaired) electrons. The zero-order valence-electron chi connectivity index (χ0n) is 10.4. The Morgan fingerprint density at radius 3 is 2.83 bits per heavy atom. The first-order chi connectivity index (χ1) is 8.72. The molecule has 0 bridgehead atoms. The molecule has 1 unspecified atom stereocenters. The van der Waals surface area contributed by atoms with Crippen LogP contribution >= 0.6 is 22.6 Å². The van der Waals surface area contributed by atoms with Gasteiger partial charge in [-0.3, -0.25) is 0 Å². The summed E-state index contributed by atoms with van der Waals surface area (Å²) in [4.78, 5) is 8.12. The summed E-state index contributed by atoms with van der Waals surface area (Å²) in [7, 11) is 0. The minimum Gasteiger partial charge on any atom is -0.438 e. The van der Waals surface area contributed by atoms with E-state index in [1.807, 2.05) is 18.2 Å². The lowest BCUT2D eigenvalue weighted by molar-refractivity contribution is 0.447. The highest BCUT2D eigenvalue weighted by atomic mass is 127. The lowest BCUT2D eigenvalue weighted by Gasteiger charge is -2.15. The van der Waals surface area contributed by atoms with Gasteiger partial charge in [0.15, 0.2) is 0 Å². The van der Waals surface area contributed by atoms with Gasteiger partial charge in [0.1, 0.15) is 12.1 Å². The van der Waals surface area contributed by atoms with Crippen molar-refractivity contribution in [3.63, 3.8) is 0 Å². The van der Waals surface area contributed by atoms with E-state index in [2.05, 4.69) is 52.5 Å². The second kappa shape index (κ2) is 6.13. The molecule has 18 heavy (non-hydrogen) atoms. The fraction of sp³-hybridized carbons (Fsp3) is 0.286. The summed E-state index contributed by atoms with van der Waals surface area (Å²) in [6.45, 7) is 4.38. The Hall–Kier alpha value is -1.17. The Morgan fingerprint density at radius 1 is 1.33 bits per heavy atom. The fourth-order valence-corrected chi connectivity index (χ4v) is 2.09. The third kappa shape index (κ3) is 2.98. The van der Waals surface area contributed by atoms with E-state index in [1.54, 1.807) is 6.20 Å². The van der Waals surface area contributed by atoms with E-state index >= 15 is 0 Å². The van der Waals surface area contributed by atoms with E-state index in [0.717, 1.165) is 15.7 Å². The number of halogens is 1. The molecule has 2 aromatic rings. The number of nitrogens with zero attached hydrogens (tertiary/aromatic N) is 2. The molecule has 1 heterocycles. The Balaban J connectivity index is 2.32. The van der Waals surface area contributed by atoms with E-state index < -0.39 is 0 Å². The summed E-state index contributed by atoms with van der Waals surface area (Å²) in [5.41, 5.74) is 1.22. The van der Waals surface area contributed by atoms with Gasteiger partial charge >= 0.3 is 0 Å². The molecule has 0 aliphatic rings. The van der Waals surface area contributed by atoms with Gasteiger partial charge in [0.2, 0.25) is 5.88 Å². The normalized spacial score (nSPS) is 12.2. The second-order valence-electron chi connectivity index (χ2n) is 4.13. The van der Waals surface area contributed by atoms with Crippen molar-refractivity contribution >= 4 is 22.6 Å². The van der Waals surface area contributed by atoms with Gasteiger partial charge in [-0.1, -0.05) is 32.0 Å². The molecule has 1 aromatic carbocycles. The second-order valence-corrected chi connectivity index (χ2v) is 5.29. The minimum absolute atomic E-state index is 0.473. The van der Waals surface area contributed by atoms with Crippen molar-refractivity contribution in [2.45, 2.75) is 26.2 Å². The van der Waals surface area contributed by atoms with Crippen LogP contribution in [0.5, 0.6) is 11.6 Å². The number of hydrogen-bond donors (Lipinski definition) is 0. The van der Waals surface area contributed by atoms with E-state index in [9.17, 15) is 0 Å². The maximum Gasteiger partial charge on any atom is 0.235 e. The van der Waals surface area contributed by atoms with Gasteiger partial charge in [0, 0.05) is 6.20 Å². The van der Waals surface area contributed by atoms with Gasteiger partial charge in [0.05, 0.1) is 3.57 Å². The summed E-state index contributed by atoms with van der Waals surface area (Å²) in [6, 6.07) is 8.12. The van der Waals surface area contributed by atoms with Gasteiger partial charge in [-0.2, -0.15) is 0 Å². The van der Waals surface area contributed by atoms with E-state index in [1.165, 1.54) is 11.9 Å². The minimum atomic E-state index is 0.473. The zero-order valence-corrected chi connectivity index (χ0v) is 12.6. The number of benzene rings is 1. The first-order valence-corrected chi connectivity index (χ1v) is 7.02. The van der Waals surface area contributed by atoms with Crippen LogP contribution in [0.25, 0.3) is 0 Å². The van der Waals surface area contributed by atoms with Crippen LogP contribution in [0.15, 0.2) is 36.8 Å². The molecule has 0 saturated carbocycles. The van der Waals surface area contributed by atoms with Crippen molar-refractivity contribution in [2.75, 3.05) is 0 Å². The highest BCUT2D eigenvalue weighted by Gasteiger charge is 2.12.